The summed E-state index contributed by atoms with van der Waals surface area (Å²) in [5, 5.41) is 7.57. The number of aliphatic hydroxyl groups excluding tert-OH is 1. The van der Waals surface area contributed by atoms with Gasteiger partial charge in [0.15, 0.2) is 0 Å². The standard InChI is InChI=1S/C6H8N2.C2H6O.ClO.Na/c7-5-1-2-6(8)4-3-5;1-2-3;1-2;/h1-4H,7-8H2;3H,2H2,1H3;;/q;;-1;+1. The van der Waals surface area contributed by atoms with Crippen molar-refractivity contribution in [2.45, 2.75) is 6.92 Å². The molecule has 0 bridgehead atoms. The van der Waals surface area contributed by atoms with E-state index in [2.05, 4.69) is 11.9 Å². The molecule has 0 saturated heterocycles. The Hall–Kier alpha value is 0.0300. The van der Waals surface area contributed by atoms with Crippen LogP contribution in [0.2, 0.25) is 0 Å². The van der Waals surface area contributed by atoms with Crippen LogP contribution in [-0.4, -0.2) is 11.7 Å². The Labute approximate surface area is 111 Å². The second kappa shape index (κ2) is 15.5. The Morgan fingerprint density at radius 2 is 1.29 bits per heavy atom. The van der Waals surface area contributed by atoms with Gasteiger partial charge < -0.3 is 21.2 Å². The number of hydrogen-bond donors (Lipinski definition) is 3. The molecule has 0 saturated carbocycles. The van der Waals surface area contributed by atoms with Crippen molar-refractivity contribution in [2.75, 3.05) is 18.1 Å². The van der Waals surface area contributed by atoms with Crippen molar-refractivity contribution >= 4 is 23.2 Å². The molecule has 0 aliphatic rings. The van der Waals surface area contributed by atoms with Gasteiger partial charge in [-0.05, 0) is 31.2 Å². The topological polar surface area (TPSA) is 95.3 Å². The number of nitrogen functional groups attached to an aromatic ring is 2. The van der Waals surface area contributed by atoms with Crippen molar-refractivity contribution in [3.8, 4) is 0 Å². The minimum atomic E-state index is 0. The zero-order valence-electron chi connectivity index (χ0n) is 8.40. The van der Waals surface area contributed by atoms with E-state index in [-0.39, 0.29) is 36.2 Å². The van der Waals surface area contributed by atoms with E-state index in [9.17, 15) is 0 Å². The van der Waals surface area contributed by atoms with Crippen molar-refractivity contribution < 1.29 is 39.3 Å². The molecule has 5 N–H and O–H groups in total. The van der Waals surface area contributed by atoms with Gasteiger partial charge in [-0.3, -0.25) is 0 Å². The molecular formula is C8H14ClN2NaO2. The van der Waals surface area contributed by atoms with Crippen LogP contribution in [0.3, 0.4) is 0 Å². The third-order valence-electron chi connectivity index (χ3n) is 0.936. The van der Waals surface area contributed by atoms with Crippen LogP contribution in [0.25, 0.3) is 0 Å². The van der Waals surface area contributed by atoms with Gasteiger partial charge in [0.1, 0.15) is 0 Å². The zero-order chi connectivity index (χ0) is 10.7. The molecular weight excluding hydrogens is 215 g/mol. The number of nitrogens with two attached hydrogens (primary N) is 2. The van der Waals surface area contributed by atoms with Crippen LogP contribution in [0.4, 0.5) is 11.4 Å². The first kappa shape index (κ1) is 19.6. The van der Waals surface area contributed by atoms with Crippen LogP contribution in [0.5, 0.6) is 0 Å². The average Bonchev–Trinajstić information content (AvgIpc) is 2.15. The fourth-order valence-electron chi connectivity index (χ4n) is 0.496. The van der Waals surface area contributed by atoms with Gasteiger partial charge in [0.2, 0.25) is 0 Å². The number of halogens is 1. The Bertz CT molecular complexity index is 176. The molecule has 0 heterocycles. The van der Waals surface area contributed by atoms with E-state index < -0.39 is 0 Å². The van der Waals surface area contributed by atoms with E-state index in [1.54, 1.807) is 31.2 Å². The van der Waals surface area contributed by atoms with Crippen molar-refractivity contribution in [2.24, 2.45) is 0 Å². The average molecular weight is 229 g/mol. The molecule has 0 radical (unpaired) electrons. The van der Waals surface area contributed by atoms with E-state index >= 15 is 0 Å². The molecule has 4 nitrogen and oxygen atoms in total. The van der Waals surface area contributed by atoms with Crippen LogP contribution in [0.1, 0.15) is 6.92 Å². The molecule has 0 fully saturated rings. The first-order chi connectivity index (χ1) is 6.20. The molecule has 14 heavy (non-hydrogen) atoms. The fraction of sp³-hybridized carbons (Fsp3) is 0.250. The third kappa shape index (κ3) is 14.5. The maximum atomic E-state index is 7.72. The fourth-order valence-corrected chi connectivity index (χ4v) is 0.496. The Kier molecular flexibility index (Phi) is 21.7. The largest absolute Gasteiger partial charge is 1.00 e. The monoisotopic (exact) mass is 228 g/mol. The summed E-state index contributed by atoms with van der Waals surface area (Å²) in [5.74, 6) is 0. The summed E-state index contributed by atoms with van der Waals surface area (Å²) < 4.78 is 7.72. The van der Waals surface area contributed by atoms with Crippen LogP contribution >= 0.6 is 11.9 Å². The van der Waals surface area contributed by atoms with Crippen molar-refractivity contribution in [1.82, 2.24) is 0 Å². The first-order valence-electron chi connectivity index (χ1n) is 3.58. The maximum Gasteiger partial charge on any atom is 1.00 e. The zero-order valence-corrected chi connectivity index (χ0v) is 11.2. The van der Waals surface area contributed by atoms with Gasteiger partial charge in [-0.15, -0.1) is 0 Å². The van der Waals surface area contributed by atoms with Crippen LogP contribution in [0.15, 0.2) is 24.3 Å². The van der Waals surface area contributed by atoms with Gasteiger partial charge >= 0.3 is 29.6 Å². The molecule has 6 heteroatoms. The van der Waals surface area contributed by atoms with Gasteiger partial charge in [-0.25, -0.2) is 11.9 Å². The molecule has 0 atom stereocenters. The Morgan fingerprint density at radius 3 is 1.43 bits per heavy atom. The molecule has 0 aliphatic heterocycles. The molecule has 1 rings (SSSR count). The van der Waals surface area contributed by atoms with Crippen LogP contribution < -0.4 is 45.7 Å². The number of benzene rings is 1. The van der Waals surface area contributed by atoms with E-state index in [1.165, 1.54) is 0 Å². The van der Waals surface area contributed by atoms with Crippen molar-refractivity contribution in [3.05, 3.63) is 24.3 Å². The predicted octanol–water partition coefficient (Wildman–Crippen LogP) is -2.65. The van der Waals surface area contributed by atoms with Gasteiger partial charge in [-0.1, -0.05) is 0 Å². The second-order valence-electron chi connectivity index (χ2n) is 1.98. The molecule has 1 aromatic carbocycles. The molecule has 0 unspecified atom stereocenters. The Morgan fingerprint density at radius 1 is 1.14 bits per heavy atom. The van der Waals surface area contributed by atoms with Crippen LogP contribution in [-0.2, 0) is 0 Å². The molecule has 0 spiro atoms. The summed E-state index contributed by atoms with van der Waals surface area (Å²) in [6.45, 7) is 1.93. The van der Waals surface area contributed by atoms with Crippen molar-refractivity contribution in [3.63, 3.8) is 0 Å². The molecule has 0 amide bonds. The summed E-state index contributed by atoms with van der Waals surface area (Å²) in [4.78, 5) is 0. The maximum absolute atomic E-state index is 7.72. The number of hydrogen-bond acceptors (Lipinski definition) is 4. The minimum Gasteiger partial charge on any atom is -0.769 e. The predicted molar refractivity (Wildman–Crippen MR) is 53.9 cm³/mol. The Balaban J connectivity index is -0.000000176. The summed E-state index contributed by atoms with van der Waals surface area (Å²) in [7, 11) is 0. The molecule has 0 aromatic heterocycles. The SMILES string of the molecule is CCO.Nc1ccc(N)cc1.[Na+].[O-]Cl. The van der Waals surface area contributed by atoms with Crippen LogP contribution in [0, 0.1) is 0 Å². The number of rotatable bonds is 0. The first-order valence-corrected chi connectivity index (χ1v) is 3.88. The second-order valence-corrected chi connectivity index (χ2v) is 1.98. The summed E-state index contributed by atoms with van der Waals surface area (Å²) >= 11 is 3.39. The van der Waals surface area contributed by atoms with E-state index in [0.29, 0.717) is 0 Å². The van der Waals surface area contributed by atoms with E-state index in [1.807, 2.05) is 0 Å². The summed E-state index contributed by atoms with van der Waals surface area (Å²) in [6.07, 6.45) is 0. The number of anilines is 2. The minimum absolute atomic E-state index is 0. The normalized spacial score (nSPS) is 6.86. The van der Waals surface area contributed by atoms with Crippen molar-refractivity contribution in [1.29, 1.82) is 0 Å². The van der Waals surface area contributed by atoms with Gasteiger partial charge in [-0.2, -0.15) is 0 Å². The smallest absolute Gasteiger partial charge is 0.769 e. The van der Waals surface area contributed by atoms with Gasteiger partial charge in [0.25, 0.3) is 0 Å². The summed E-state index contributed by atoms with van der Waals surface area (Å²) in [6, 6.07) is 7.09. The van der Waals surface area contributed by atoms with E-state index in [4.69, 9.17) is 21.2 Å². The number of aliphatic hydroxyl groups is 1. The summed E-state index contributed by atoms with van der Waals surface area (Å²) in [5.41, 5.74) is 12.2. The third-order valence-corrected chi connectivity index (χ3v) is 0.936. The molecule has 1 aromatic rings. The van der Waals surface area contributed by atoms with E-state index in [0.717, 1.165) is 11.4 Å². The molecule has 0 aliphatic carbocycles. The van der Waals surface area contributed by atoms with Gasteiger partial charge in [0.05, 0.1) is 0 Å². The quantitative estimate of drug-likeness (QED) is 0.334. The molecule has 76 valence electrons. The van der Waals surface area contributed by atoms with Gasteiger partial charge in [0, 0.05) is 18.0 Å².